The number of carbonyl (C=O) groups is 2. The lowest BCUT2D eigenvalue weighted by molar-refractivity contribution is -0.123. The first-order valence-corrected chi connectivity index (χ1v) is 10.0. The third-order valence-electron chi connectivity index (χ3n) is 5.42. The highest BCUT2D eigenvalue weighted by Crippen LogP contribution is 2.21. The topological polar surface area (TPSA) is 118 Å². The van der Waals surface area contributed by atoms with Crippen molar-refractivity contribution in [2.45, 2.75) is 19.6 Å². The molecule has 1 saturated heterocycles. The SMILES string of the molecule is Cc1cc(COc2ccc(C(=O)NC3CN(O)CC3C(N)=O)cc2)c2ccccc2n1. The number of hydrogen-bond acceptors (Lipinski definition) is 6. The summed E-state index contributed by atoms with van der Waals surface area (Å²) in [5.74, 6) is -0.888. The molecule has 160 valence electrons. The van der Waals surface area contributed by atoms with Crippen LogP contribution in [0.1, 0.15) is 21.6 Å². The molecule has 3 aromatic rings. The van der Waals surface area contributed by atoms with Gasteiger partial charge in [0.25, 0.3) is 5.91 Å². The molecule has 31 heavy (non-hydrogen) atoms. The number of nitrogens with one attached hydrogen (secondary N) is 1. The predicted octanol–water partition coefficient (Wildman–Crippen LogP) is 2.03. The second kappa shape index (κ2) is 8.71. The number of hydrogen-bond donors (Lipinski definition) is 3. The zero-order valence-corrected chi connectivity index (χ0v) is 17.1. The van der Waals surface area contributed by atoms with Gasteiger partial charge in [0.1, 0.15) is 12.4 Å². The van der Waals surface area contributed by atoms with Crippen molar-refractivity contribution in [3.05, 3.63) is 71.4 Å². The van der Waals surface area contributed by atoms with Gasteiger partial charge in [0.05, 0.1) is 17.5 Å². The van der Waals surface area contributed by atoms with E-state index in [4.69, 9.17) is 10.5 Å². The highest BCUT2D eigenvalue weighted by atomic mass is 16.5. The Morgan fingerprint density at radius 1 is 1.19 bits per heavy atom. The summed E-state index contributed by atoms with van der Waals surface area (Å²) < 4.78 is 5.93. The summed E-state index contributed by atoms with van der Waals surface area (Å²) in [7, 11) is 0. The third kappa shape index (κ3) is 4.65. The average molecular weight is 420 g/mol. The van der Waals surface area contributed by atoms with Gasteiger partial charge in [-0.05, 0) is 43.3 Å². The monoisotopic (exact) mass is 420 g/mol. The van der Waals surface area contributed by atoms with Gasteiger partial charge in [-0.2, -0.15) is 5.06 Å². The van der Waals surface area contributed by atoms with E-state index in [-0.39, 0.29) is 19.0 Å². The molecule has 8 heteroatoms. The van der Waals surface area contributed by atoms with Crippen LogP contribution in [-0.2, 0) is 11.4 Å². The summed E-state index contributed by atoms with van der Waals surface area (Å²) in [4.78, 5) is 28.6. The van der Waals surface area contributed by atoms with Gasteiger partial charge in [0.15, 0.2) is 0 Å². The molecule has 2 amide bonds. The molecule has 2 heterocycles. The lowest BCUT2D eigenvalue weighted by Crippen LogP contribution is -2.44. The molecule has 1 fully saturated rings. The van der Waals surface area contributed by atoms with Crippen LogP contribution in [0.4, 0.5) is 0 Å². The summed E-state index contributed by atoms with van der Waals surface area (Å²) in [6, 6.07) is 16.2. The number of aromatic nitrogens is 1. The Labute approximate surface area is 179 Å². The van der Waals surface area contributed by atoms with E-state index in [2.05, 4.69) is 10.3 Å². The minimum Gasteiger partial charge on any atom is -0.489 e. The van der Waals surface area contributed by atoms with E-state index < -0.39 is 17.9 Å². The van der Waals surface area contributed by atoms with Crippen LogP contribution in [0.15, 0.2) is 54.6 Å². The number of nitrogens with two attached hydrogens (primary N) is 1. The van der Waals surface area contributed by atoms with Gasteiger partial charge in [-0.3, -0.25) is 14.6 Å². The number of rotatable bonds is 6. The van der Waals surface area contributed by atoms with Gasteiger partial charge < -0.3 is 21.0 Å². The van der Waals surface area contributed by atoms with E-state index in [9.17, 15) is 14.8 Å². The van der Waals surface area contributed by atoms with Gasteiger partial charge in [0.2, 0.25) is 5.91 Å². The van der Waals surface area contributed by atoms with Crippen LogP contribution < -0.4 is 15.8 Å². The van der Waals surface area contributed by atoms with Crippen molar-refractivity contribution in [1.29, 1.82) is 0 Å². The molecule has 0 saturated carbocycles. The van der Waals surface area contributed by atoms with E-state index in [1.165, 1.54) is 0 Å². The van der Waals surface area contributed by atoms with Crippen LogP contribution in [-0.4, -0.2) is 46.2 Å². The number of amides is 2. The number of benzene rings is 2. The van der Waals surface area contributed by atoms with E-state index >= 15 is 0 Å². The number of ether oxygens (including phenoxy) is 1. The Morgan fingerprint density at radius 3 is 2.68 bits per heavy atom. The molecule has 8 nitrogen and oxygen atoms in total. The Morgan fingerprint density at radius 2 is 1.94 bits per heavy atom. The molecular formula is C23H24N4O4. The molecule has 2 unspecified atom stereocenters. The lowest BCUT2D eigenvalue weighted by atomic mass is 10.0. The quantitative estimate of drug-likeness (QED) is 0.562. The molecule has 4 N–H and O–H groups in total. The first kappa shape index (κ1) is 20.8. The molecule has 1 aliphatic heterocycles. The molecular weight excluding hydrogens is 396 g/mol. The van der Waals surface area contributed by atoms with Crippen molar-refractivity contribution < 1.29 is 19.5 Å². The zero-order chi connectivity index (χ0) is 22.0. The highest BCUT2D eigenvalue weighted by molar-refractivity contribution is 5.95. The lowest BCUT2D eigenvalue weighted by Gasteiger charge is -2.17. The van der Waals surface area contributed by atoms with Crippen molar-refractivity contribution >= 4 is 22.7 Å². The number of nitrogens with zero attached hydrogens (tertiary/aromatic N) is 2. The smallest absolute Gasteiger partial charge is 0.251 e. The van der Waals surface area contributed by atoms with Gasteiger partial charge >= 0.3 is 0 Å². The predicted molar refractivity (Wildman–Crippen MR) is 115 cm³/mol. The molecule has 0 bridgehead atoms. The van der Waals surface area contributed by atoms with E-state index in [0.717, 1.165) is 27.2 Å². The maximum Gasteiger partial charge on any atom is 0.251 e. The van der Waals surface area contributed by atoms with E-state index in [1.807, 2.05) is 37.3 Å². The fourth-order valence-electron chi connectivity index (χ4n) is 3.85. The fourth-order valence-corrected chi connectivity index (χ4v) is 3.85. The molecule has 1 aromatic heterocycles. The number of hydroxylamine groups is 2. The Kier molecular flexibility index (Phi) is 5.83. The Hall–Kier alpha value is -3.49. The fraction of sp³-hybridized carbons (Fsp3) is 0.261. The van der Waals surface area contributed by atoms with Gasteiger partial charge in [-0.15, -0.1) is 0 Å². The van der Waals surface area contributed by atoms with Crippen molar-refractivity contribution in [3.63, 3.8) is 0 Å². The molecule has 1 aliphatic rings. The maximum atomic E-state index is 12.5. The molecule has 4 rings (SSSR count). The first-order valence-electron chi connectivity index (χ1n) is 10.0. The number of pyridine rings is 1. The molecule has 2 aromatic carbocycles. The Balaban J connectivity index is 1.41. The third-order valence-corrected chi connectivity index (χ3v) is 5.42. The van der Waals surface area contributed by atoms with Gasteiger partial charge in [-0.1, -0.05) is 18.2 Å². The number of carbonyl (C=O) groups excluding carboxylic acids is 2. The second-order valence-electron chi connectivity index (χ2n) is 7.71. The maximum absolute atomic E-state index is 12.5. The molecule has 0 radical (unpaired) electrons. The summed E-state index contributed by atoms with van der Waals surface area (Å²) in [5.41, 5.74) is 8.68. The van der Waals surface area contributed by atoms with Crippen LogP contribution in [0.2, 0.25) is 0 Å². The zero-order valence-electron chi connectivity index (χ0n) is 17.1. The summed E-state index contributed by atoms with van der Waals surface area (Å²) in [6.45, 7) is 2.59. The van der Waals surface area contributed by atoms with Crippen molar-refractivity contribution in [3.8, 4) is 5.75 Å². The van der Waals surface area contributed by atoms with E-state index in [1.54, 1.807) is 24.3 Å². The number of fused-ring (bicyclic) bond motifs is 1. The summed E-state index contributed by atoms with van der Waals surface area (Å²) in [5, 5.41) is 14.4. The number of aryl methyl sites for hydroxylation is 1. The number of primary amides is 1. The highest BCUT2D eigenvalue weighted by Gasteiger charge is 2.37. The van der Waals surface area contributed by atoms with Crippen LogP contribution in [0.5, 0.6) is 5.75 Å². The minimum absolute atomic E-state index is 0.107. The average Bonchev–Trinajstić information content (AvgIpc) is 3.12. The number of para-hydroxylation sites is 1. The first-order chi connectivity index (χ1) is 14.9. The van der Waals surface area contributed by atoms with Crippen molar-refractivity contribution in [2.24, 2.45) is 11.7 Å². The van der Waals surface area contributed by atoms with Crippen molar-refractivity contribution in [1.82, 2.24) is 15.4 Å². The second-order valence-corrected chi connectivity index (χ2v) is 7.71. The molecule has 0 aliphatic carbocycles. The van der Waals surface area contributed by atoms with Crippen LogP contribution >= 0.6 is 0 Å². The minimum atomic E-state index is -0.629. The standard InChI is InChI=1S/C23H24N4O4/c1-14-10-16(18-4-2-3-5-20(18)25-14)13-31-17-8-6-15(7-9-17)23(29)26-21-12-27(30)11-19(21)22(24)28/h2-10,19,21,30H,11-13H2,1H3,(H2,24,28)(H,26,29). The molecule has 0 spiro atoms. The Bertz CT molecular complexity index is 1120. The van der Waals surface area contributed by atoms with Crippen LogP contribution in [0, 0.1) is 12.8 Å². The summed E-state index contributed by atoms with van der Waals surface area (Å²) >= 11 is 0. The summed E-state index contributed by atoms with van der Waals surface area (Å²) in [6.07, 6.45) is 0. The van der Waals surface area contributed by atoms with Gasteiger partial charge in [0, 0.05) is 35.3 Å². The normalized spacial score (nSPS) is 18.8. The van der Waals surface area contributed by atoms with Crippen molar-refractivity contribution in [2.75, 3.05) is 13.1 Å². The molecule has 2 atom stereocenters. The van der Waals surface area contributed by atoms with E-state index in [0.29, 0.717) is 17.9 Å². The largest absolute Gasteiger partial charge is 0.489 e. The van der Waals surface area contributed by atoms with Crippen LogP contribution in [0.3, 0.4) is 0 Å². The van der Waals surface area contributed by atoms with Gasteiger partial charge in [-0.25, -0.2) is 0 Å². The van der Waals surface area contributed by atoms with Crippen LogP contribution in [0.25, 0.3) is 10.9 Å².